The Morgan fingerprint density at radius 3 is 2.44 bits per heavy atom. The van der Waals surface area contributed by atoms with Gasteiger partial charge < -0.3 is 10.2 Å². The van der Waals surface area contributed by atoms with Crippen LogP contribution in [0.15, 0.2) is 72.8 Å². The quantitative estimate of drug-likeness (QED) is 0.531. The van der Waals surface area contributed by atoms with Gasteiger partial charge in [0.2, 0.25) is 5.91 Å². The summed E-state index contributed by atoms with van der Waals surface area (Å²) in [5.41, 5.74) is 4.17. The maximum Gasteiger partial charge on any atom is 0.238 e. The number of ketones is 2. The van der Waals surface area contributed by atoms with Crippen molar-refractivity contribution >= 4 is 34.4 Å². The number of aryl methyl sites for hydroxylation is 1. The Morgan fingerprint density at radius 2 is 1.72 bits per heavy atom. The average Bonchev–Trinajstić information content (AvgIpc) is 3.32. The van der Waals surface area contributed by atoms with Crippen molar-refractivity contribution in [2.24, 2.45) is 5.92 Å². The number of benzene rings is 3. The Balaban J connectivity index is 1.68. The van der Waals surface area contributed by atoms with Gasteiger partial charge in [-0.1, -0.05) is 35.9 Å². The number of rotatable bonds is 3. The number of para-hydroxylation sites is 1. The molecule has 3 aliphatic heterocycles. The van der Waals surface area contributed by atoms with Crippen molar-refractivity contribution in [2.75, 3.05) is 10.2 Å². The van der Waals surface area contributed by atoms with Crippen LogP contribution in [0.1, 0.15) is 40.9 Å². The number of halogens is 1. The first-order chi connectivity index (χ1) is 17.2. The molecule has 0 saturated carbocycles. The highest BCUT2D eigenvalue weighted by atomic mass is 19.1. The van der Waals surface area contributed by atoms with Gasteiger partial charge in [0.1, 0.15) is 11.2 Å². The molecule has 36 heavy (non-hydrogen) atoms. The molecule has 0 aliphatic carbocycles. The summed E-state index contributed by atoms with van der Waals surface area (Å²) in [6.45, 7) is 5.48. The van der Waals surface area contributed by atoms with Crippen LogP contribution in [0, 0.1) is 18.7 Å². The standard InChI is InChI=1S/C30H25FN2O3/c1-16-8-13-24-21(14-16)17(2)15-25-30(22-6-4-5-7-23(22)32-29(30)36)26(27(18(3)34)33(24)25)28(35)19-9-11-20(31)12-10-19/h4-15,25-27H,1-3H3,(H,32,36)/t25-,26-,27-,30+/m1/s1. The van der Waals surface area contributed by atoms with Crippen LogP contribution in [0.3, 0.4) is 0 Å². The first-order valence-electron chi connectivity index (χ1n) is 12.0. The van der Waals surface area contributed by atoms with E-state index in [2.05, 4.69) is 11.4 Å². The highest BCUT2D eigenvalue weighted by molar-refractivity contribution is 6.16. The van der Waals surface area contributed by atoms with E-state index >= 15 is 0 Å². The van der Waals surface area contributed by atoms with Gasteiger partial charge in [0.15, 0.2) is 11.6 Å². The van der Waals surface area contributed by atoms with Gasteiger partial charge in [-0.3, -0.25) is 14.4 Å². The van der Waals surface area contributed by atoms with E-state index in [0.717, 1.165) is 22.4 Å². The molecule has 6 rings (SSSR count). The zero-order valence-corrected chi connectivity index (χ0v) is 20.2. The minimum absolute atomic E-state index is 0.200. The van der Waals surface area contributed by atoms with E-state index in [1.54, 1.807) is 0 Å². The molecule has 3 aliphatic rings. The van der Waals surface area contributed by atoms with Gasteiger partial charge in [-0.25, -0.2) is 4.39 Å². The van der Waals surface area contributed by atoms with Crippen LogP contribution in [0.25, 0.3) is 5.57 Å². The Morgan fingerprint density at radius 1 is 1.00 bits per heavy atom. The van der Waals surface area contributed by atoms with Crippen LogP contribution in [0.5, 0.6) is 0 Å². The fourth-order valence-corrected chi connectivity index (χ4v) is 6.49. The summed E-state index contributed by atoms with van der Waals surface area (Å²) < 4.78 is 13.7. The number of nitrogens with one attached hydrogen (secondary N) is 1. The molecule has 3 aromatic carbocycles. The zero-order valence-electron chi connectivity index (χ0n) is 20.2. The van der Waals surface area contributed by atoms with Gasteiger partial charge >= 0.3 is 0 Å². The molecule has 0 bridgehead atoms. The zero-order chi connectivity index (χ0) is 25.4. The Bertz CT molecular complexity index is 1490. The monoisotopic (exact) mass is 480 g/mol. The van der Waals surface area contributed by atoms with Crippen LogP contribution in [0.2, 0.25) is 0 Å². The number of hydrogen-bond acceptors (Lipinski definition) is 4. The average molecular weight is 481 g/mol. The molecule has 1 spiro atoms. The molecule has 1 fully saturated rings. The number of amides is 1. The molecule has 0 radical (unpaired) electrons. The third kappa shape index (κ3) is 2.84. The van der Waals surface area contributed by atoms with Gasteiger partial charge in [0.05, 0.1) is 18.0 Å². The maximum absolute atomic E-state index is 14.3. The van der Waals surface area contributed by atoms with Gasteiger partial charge in [-0.05, 0) is 74.4 Å². The molecule has 0 unspecified atom stereocenters. The minimum Gasteiger partial charge on any atom is -0.352 e. The molecule has 1 amide bonds. The number of Topliss-reactive ketones (excluding diaryl/α,β-unsaturated/α-hetero) is 2. The summed E-state index contributed by atoms with van der Waals surface area (Å²) in [5.74, 6) is -2.32. The molecular formula is C30H25FN2O3. The summed E-state index contributed by atoms with van der Waals surface area (Å²) in [4.78, 5) is 43.7. The van der Waals surface area contributed by atoms with Crippen molar-refractivity contribution in [3.8, 4) is 0 Å². The summed E-state index contributed by atoms with van der Waals surface area (Å²) in [6.07, 6.45) is 2.03. The molecule has 1 N–H and O–H groups in total. The van der Waals surface area contributed by atoms with Gasteiger partial charge in [-0.2, -0.15) is 0 Å². The maximum atomic E-state index is 14.3. The van der Waals surface area contributed by atoms with Crippen molar-refractivity contribution in [2.45, 2.75) is 38.3 Å². The first-order valence-corrected chi connectivity index (χ1v) is 12.0. The summed E-state index contributed by atoms with van der Waals surface area (Å²) in [5, 5.41) is 3.00. The number of fused-ring (bicyclic) bond motifs is 6. The van der Waals surface area contributed by atoms with Gasteiger partial charge in [0, 0.05) is 22.5 Å². The highest BCUT2D eigenvalue weighted by Crippen LogP contribution is 2.58. The van der Waals surface area contributed by atoms with Crippen molar-refractivity contribution in [1.29, 1.82) is 0 Å². The van der Waals surface area contributed by atoms with Crippen LogP contribution in [-0.2, 0) is 15.0 Å². The topological polar surface area (TPSA) is 66.5 Å². The SMILES string of the molecule is CC(=O)[C@@H]1[C@H](C(=O)c2ccc(F)cc2)[C@@]2(C(=O)Nc3ccccc32)[C@H]2C=C(C)c3cc(C)ccc3N12. The largest absolute Gasteiger partial charge is 0.352 e. The van der Waals surface area contributed by atoms with Crippen molar-refractivity contribution < 1.29 is 18.8 Å². The second-order valence-corrected chi connectivity index (χ2v) is 10.00. The van der Waals surface area contributed by atoms with E-state index in [-0.39, 0.29) is 23.0 Å². The predicted molar refractivity (Wildman–Crippen MR) is 137 cm³/mol. The number of carbonyl (C=O) groups excluding carboxylic acids is 3. The number of nitrogens with zero attached hydrogens (tertiary/aromatic N) is 1. The molecule has 1 saturated heterocycles. The number of allylic oxidation sites excluding steroid dienone is 1. The normalized spacial score (nSPS) is 25.7. The van der Waals surface area contributed by atoms with E-state index in [9.17, 15) is 18.8 Å². The molecular weight excluding hydrogens is 455 g/mol. The van der Waals surface area contributed by atoms with Crippen LogP contribution < -0.4 is 10.2 Å². The van der Waals surface area contributed by atoms with Gasteiger partial charge in [0.25, 0.3) is 0 Å². The smallest absolute Gasteiger partial charge is 0.238 e. The Kier molecular flexibility index (Phi) is 4.80. The number of carbonyl (C=O) groups is 3. The lowest BCUT2D eigenvalue weighted by Crippen LogP contribution is -2.51. The molecule has 6 heteroatoms. The van der Waals surface area contributed by atoms with Crippen molar-refractivity contribution in [3.63, 3.8) is 0 Å². The van der Waals surface area contributed by atoms with E-state index in [0.29, 0.717) is 11.3 Å². The fraction of sp³-hybridized carbons (Fsp3) is 0.233. The molecule has 0 aromatic heterocycles. The van der Waals surface area contributed by atoms with Gasteiger partial charge in [-0.15, -0.1) is 0 Å². The van der Waals surface area contributed by atoms with Crippen LogP contribution in [0.4, 0.5) is 15.8 Å². The molecule has 4 atom stereocenters. The third-order valence-corrected chi connectivity index (χ3v) is 7.96. The van der Waals surface area contributed by atoms with Crippen LogP contribution in [-0.4, -0.2) is 29.6 Å². The first kappa shape index (κ1) is 22.4. The lowest BCUT2D eigenvalue weighted by Gasteiger charge is -2.39. The number of anilines is 2. The molecule has 3 heterocycles. The second kappa shape index (κ2) is 7.72. The highest BCUT2D eigenvalue weighted by Gasteiger charge is 2.70. The molecule has 180 valence electrons. The van der Waals surface area contributed by atoms with E-state index in [1.165, 1.54) is 31.2 Å². The van der Waals surface area contributed by atoms with E-state index < -0.39 is 29.2 Å². The summed E-state index contributed by atoms with van der Waals surface area (Å²) >= 11 is 0. The fourth-order valence-electron chi connectivity index (χ4n) is 6.49. The Labute approximate surface area is 208 Å². The van der Waals surface area contributed by atoms with Crippen molar-refractivity contribution in [1.82, 2.24) is 0 Å². The lowest BCUT2D eigenvalue weighted by molar-refractivity contribution is -0.122. The molecule has 5 nitrogen and oxygen atoms in total. The lowest BCUT2D eigenvalue weighted by atomic mass is 9.64. The number of hydrogen-bond donors (Lipinski definition) is 1. The van der Waals surface area contributed by atoms with E-state index in [1.807, 2.05) is 61.2 Å². The van der Waals surface area contributed by atoms with Crippen LogP contribution >= 0.6 is 0 Å². The Hall–Kier alpha value is -4.06. The summed E-state index contributed by atoms with van der Waals surface area (Å²) in [6, 6.07) is 17.3. The second-order valence-electron chi connectivity index (χ2n) is 10.00. The van der Waals surface area contributed by atoms with Crippen molar-refractivity contribution in [3.05, 3.63) is 101 Å². The predicted octanol–water partition coefficient (Wildman–Crippen LogP) is 5.09. The third-order valence-electron chi connectivity index (χ3n) is 7.96. The molecule has 3 aromatic rings. The van der Waals surface area contributed by atoms with E-state index in [4.69, 9.17) is 0 Å². The minimum atomic E-state index is -1.33. The summed E-state index contributed by atoms with van der Waals surface area (Å²) in [7, 11) is 0.